The summed E-state index contributed by atoms with van der Waals surface area (Å²) in [7, 11) is -0.626. The molecule has 0 saturated carbocycles. The van der Waals surface area contributed by atoms with E-state index in [4.69, 9.17) is 0 Å². The summed E-state index contributed by atoms with van der Waals surface area (Å²) in [6.45, 7) is 14.9. The van der Waals surface area contributed by atoms with Gasteiger partial charge < -0.3 is 15.5 Å². The van der Waals surface area contributed by atoms with Crippen LogP contribution in [0.15, 0.2) is 66.5 Å². The molecule has 1 aromatic heterocycles. The lowest BCUT2D eigenvalue weighted by Crippen LogP contribution is -2.61. The van der Waals surface area contributed by atoms with Gasteiger partial charge in [-0.3, -0.25) is 19.4 Å². The highest BCUT2D eigenvalue weighted by Gasteiger charge is 2.41. The number of hydrogen-bond acceptors (Lipinski definition) is 7. The Hall–Kier alpha value is -3.57. The predicted molar refractivity (Wildman–Crippen MR) is 174 cm³/mol. The molecule has 0 bridgehead atoms. The summed E-state index contributed by atoms with van der Waals surface area (Å²) in [6.07, 6.45) is 4.55. The Kier molecular flexibility index (Phi) is 12.4. The van der Waals surface area contributed by atoms with Gasteiger partial charge in [-0.2, -0.15) is 0 Å². The molecule has 0 fully saturated rings. The molecule has 0 aliphatic carbocycles. The van der Waals surface area contributed by atoms with E-state index < -0.39 is 50.6 Å². The Morgan fingerprint density at radius 1 is 0.977 bits per heavy atom. The van der Waals surface area contributed by atoms with Crippen molar-refractivity contribution in [2.45, 2.75) is 84.7 Å². The van der Waals surface area contributed by atoms with Crippen molar-refractivity contribution in [1.29, 1.82) is 0 Å². The number of sulfonamides is 1. The maximum Gasteiger partial charge on any atom is 0.260 e. The molecule has 11 heteroatoms. The second kappa shape index (κ2) is 14.9. The van der Waals surface area contributed by atoms with E-state index in [0.29, 0.717) is 5.56 Å². The van der Waals surface area contributed by atoms with Crippen LogP contribution in [0.3, 0.4) is 0 Å². The molecule has 1 aromatic carbocycles. The van der Waals surface area contributed by atoms with Gasteiger partial charge in [0.2, 0.25) is 21.8 Å². The number of carbonyl (C=O) groups excluding carboxylic acids is 3. The van der Waals surface area contributed by atoms with E-state index in [0.717, 1.165) is 5.56 Å². The lowest BCUT2D eigenvalue weighted by atomic mass is 9.76. The van der Waals surface area contributed by atoms with Gasteiger partial charge in [-0.15, -0.1) is 0 Å². The van der Waals surface area contributed by atoms with Crippen LogP contribution in [0.2, 0.25) is 0 Å². The van der Waals surface area contributed by atoms with Crippen LogP contribution in [0, 0.1) is 11.3 Å². The van der Waals surface area contributed by atoms with Crippen LogP contribution >= 0.6 is 0 Å². The lowest BCUT2D eigenvalue weighted by molar-refractivity contribution is -0.140. The lowest BCUT2D eigenvalue weighted by Gasteiger charge is -2.40. The molecule has 10 nitrogen and oxygen atoms in total. The third-order valence-electron chi connectivity index (χ3n) is 7.77. The third-order valence-corrected chi connectivity index (χ3v) is 8.98. The Morgan fingerprint density at radius 3 is 2.09 bits per heavy atom. The summed E-state index contributed by atoms with van der Waals surface area (Å²) in [5.74, 6) is -1.94. The van der Waals surface area contributed by atoms with Gasteiger partial charge in [-0.1, -0.05) is 90.9 Å². The molecule has 0 aliphatic rings. The zero-order valence-corrected chi connectivity index (χ0v) is 28.5. The minimum absolute atomic E-state index is 0.128. The minimum Gasteiger partial charge on any atom is -0.342 e. The second-order valence-electron chi connectivity index (χ2n) is 13.2. The highest BCUT2D eigenvalue weighted by Crippen LogP contribution is 2.29. The fraction of sp³-hybridized carbons (Fsp3) is 0.515. The number of carbonyl (C=O) groups is 3. The maximum absolute atomic E-state index is 14.0. The molecule has 0 unspecified atom stereocenters. The van der Waals surface area contributed by atoms with E-state index in [9.17, 15) is 22.8 Å². The zero-order chi connectivity index (χ0) is 33.5. The molecule has 1 heterocycles. The van der Waals surface area contributed by atoms with Crippen molar-refractivity contribution in [1.82, 2.24) is 25.2 Å². The fourth-order valence-electron chi connectivity index (χ4n) is 5.12. The van der Waals surface area contributed by atoms with E-state index in [-0.39, 0.29) is 23.3 Å². The number of amides is 3. The van der Waals surface area contributed by atoms with Gasteiger partial charge in [-0.05, 0) is 42.5 Å². The Morgan fingerprint density at radius 2 is 1.59 bits per heavy atom. The number of hydrogen-bond donors (Lipinski definition) is 3. The molecule has 0 saturated heterocycles. The van der Waals surface area contributed by atoms with Crippen LogP contribution < -0.4 is 15.4 Å². The fourth-order valence-corrected chi connectivity index (χ4v) is 6.25. The van der Waals surface area contributed by atoms with E-state index in [1.54, 1.807) is 32.3 Å². The molecule has 3 atom stereocenters. The van der Waals surface area contributed by atoms with Crippen molar-refractivity contribution in [2.75, 3.05) is 14.1 Å². The molecule has 0 aliphatic heterocycles. The maximum atomic E-state index is 14.0. The quantitative estimate of drug-likeness (QED) is 0.289. The first-order valence-corrected chi connectivity index (χ1v) is 16.4. The predicted octanol–water partition coefficient (Wildman–Crippen LogP) is 3.55. The molecule has 0 spiro atoms. The van der Waals surface area contributed by atoms with Crippen molar-refractivity contribution in [2.24, 2.45) is 11.3 Å². The van der Waals surface area contributed by atoms with Crippen LogP contribution in [0.25, 0.3) is 0 Å². The average molecular weight is 628 g/mol. The van der Waals surface area contributed by atoms with Crippen molar-refractivity contribution in [3.05, 3.63) is 77.6 Å². The van der Waals surface area contributed by atoms with E-state index in [2.05, 4.69) is 20.3 Å². The topological polar surface area (TPSA) is 138 Å². The molecule has 0 radical (unpaired) electrons. The highest BCUT2D eigenvalue weighted by atomic mass is 32.2. The smallest absolute Gasteiger partial charge is 0.260 e. The van der Waals surface area contributed by atoms with Crippen molar-refractivity contribution >= 4 is 27.7 Å². The third kappa shape index (κ3) is 9.72. The number of rotatable bonds is 13. The summed E-state index contributed by atoms with van der Waals surface area (Å²) in [5, 5.41) is 6.15. The minimum atomic E-state index is -3.98. The van der Waals surface area contributed by atoms with Crippen LogP contribution in [0.1, 0.15) is 66.5 Å². The van der Waals surface area contributed by atoms with Crippen LogP contribution in [-0.4, -0.2) is 68.2 Å². The van der Waals surface area contributed by atoms with E-state index in [1.807, 2.05) is 78.8 Å². The van der Waals surface area contributed by atoms with Crippen LogP contribution in [-0.2, 0) is 35.6 Å². The number of nitrogens with zero attached hydrogens (tertiary/aromatic N) is 2. The number of aromatic nitrogens is 1. The van der Waals surface area contributed by atoms with Gasteiger partial charge in [0.05, 0.1) is 17.8 Å². The van der Waals surface area contributed by atoms with Gasteiger partial charge >= 0.3 is 0 Å². The van der Waals surface area contributed by atoms with Gasteiger partial charge in [0.25, 0.3) is 5.91 Å². The molecule has 3 N–H and O–H groups in total. The number of likely N-dealkylation sites (N-methyl/N-ethyl adjacent to an activating group) is 2. The summed E-state index contributed by atoms with van der Waals surface area (Å²) >= 11 is 0. The van der Waals surface area contributed by atoms with Crippen molar-refractivity contribution < 1.29 is 22.8 Å². The number of nitrogens with one attached hydrogen (secondary N) is 3. The highest BCUT2D eigenvalue weighted by molar-refractivity contribution is 7.89. The second-order valence-corrected chi connectivity index (χ2v) is 14.9. The Bertz CT molecular complexity index is 1420. The normalized spacial score (nSPS) is 14.8. The van der Waals surface area contributed by atoms with Crippen LogP contribution in [0.5, 0.6) is 0 Å². The number of pyridine rings is 1. The molecular formula is C33H49N5O5S. The van der Waals surface area contributed by atoms with Gasteiger partial charge in [0.1, 0.15) is 6.04 Å². The molecule has 44 heavy (non-hydrogen) atoms. The summed E-state index contributed by atoms with van der Waals surface area (Å²) < 4.78 is 27.4. The monoisotopic (exact) mass is 627 g/mol. The van der Waals surface area contributed by atoms with Crippen molar-refractivity contribution in [3.8, 4) is 0 Å². The summed E-state index contributed by atoms with van der Waals surface area (Å²) in [4.78, 5) is 46.1. The molecular weight excluding hydrogens is 578 g/mol. The molecule has 2 rings (SSSR count). The van der Waals surface area contributed by atoms with Gasteiger partial charge in [0.15, 0.2) is 0 Å². The van der Waals surface area contributed by atoms with E-state index in [1.165, 1.54) is 24.2 Å². The first-order chi connectivity index (χ1) is 20.3. The van der Waals surface area contributed by atoms with Gasteiger partial charge in [0, 0.05) is 30.4 Å². The number of benzene rings is 1. The Labute approximate surface area is 263 Å². The first kappa shape index (κ1) is 36.6. The summed E-state index contributed by atoms with van der Waals surface area (Å²) in [6, 6.07) is 10.9. The zero-order valence-electron chi connectivity index (χ0n) is 27.6. The SMILES string of the molecule is CN[C@H](C(=O)N[C@H](C(=O)N(C)[C@H](C=C(C)C(=O)NS(=O)(=O)Cc1cccnc1)C(C)C)C(C)(C)C)C(C)(C)c1ccccc1. The Balaban J connectivity index is 2.29. The molecule has 242 valence electrons. The van der Waals surface area contributed by atoms with Crippen molar-refractivity contribution in [3.63, 3.8) is 0 Å². The van der Waals surface area contributed by atoms with E-state index >= 15 is 0 Å². The average Bonchev–Trinajstić information content (AvgIpc) is 2.93. The molecule has 3 amide bonds. The van der Waals surface area contributed by atoms with Crippen LogP contribution in [0.4, 0.5) is 0 Å². The summed E-state index contributed by atoms with van der Waals surface area (Å²) in [5.41, 5.74) is 0.347. The first-order valence-electron chi connectivity index (χ1n) is 14.7. The largest absolute Gasteiger partial charge is 0.342 e. The standard InChI is InChI=1S/C33H49N5O5S/c1-22(2)26(19-23(3)29(39)37-44(42,43)21-24-15-14-18-35-20-24)38(10)31(41)28(32(4,5)6)36-30(40)27(34-9)33(7,8)25-16-12-11-13-17-25/h11-20,22,26-28,34H,21H2,1-10H3,(H,36,40)(H,37,39)/t26-,27-,28-/m1/s1. The molecule has 2 aromatic rings. The van der Waals surface area contributed by atoms with Gasteiger partial charge in [-0.25, -0.2) is 13.1 Å².